The van der Waals surface area contributed by atoms with Gasteiger partial charge in [0.05, 0.1) is 0 Å². The number of carbonyl (C=O) groups is 1. The first kappa shape index (κ1) is 13.4. The van der Waals surface area contributed by atoms with E-state index in [-0.39, 0.29) is 11.9 Å². The minimum Gasteiger partial charge on any atom is -0.373 e. The summed E-state index contributed by atoms with van der Waals surface area (Å²) in [6.45, 7) is 2.90. The highest BCUT2D eigenvalue weighted by molar-refractivity contribution is 5.87. The van der Waals surface area contributed by atoms with E-state index < -0.39 is 0 Å². The van der Waals surface area contributed by atoms with Crippen LogP contribution >= 0.6 is 0 Å². The second kappa shape index (κ2) is 5.44. The number of rotatable bonds is 5. The van der Waals surface area contributed by atoms with Crippen LogP contribution < -0.4 is 10.6 Å². The summed E-state index contributed by atoms with van der Waals surface area (Å²) in [5.74, 6) is 0.109. The molecule has 0 aromatic heterocycles. The molecule has 1 fully saturated rings. The largest absolute Gasteiger partial charge is 0.373 e. The molecular formula is C16H23N3O. The van der Waals surface area contributed by atoms with Gasteiger partial charge in [-0.3, -0.25) is 9.69 Å². The number of carbonyl (C=O) groups excluding carboxylic acids is 1. The van der Waals surface area contributed by atoms with E-state index in [9.17, 15) is 4.79 Å². The molecule has 3 rings (SSSR count). The number of benzene rings is 1. The van der Waals surface area contributed by atoms with Gasteiger partial charge in [0.2, 0.25) is 5.91 Å². The molecule has 0 saturated heterocycles. The van der Waals surface area contributed by atoms with Crippen molar-refractivity contribution in [3.05, 3.63) is 29.8 Å². The predicted molar refractivity (Wildman–Crippen MR) is 80.8 cm³/mol. The van der Waals surface area contributed by atoms with Crippen molar-refractivity contribution in [2.75, 3.05) is 18.9 Å². The fourth-order valence-electron chi connectivity index (χ4n) is 2.81. The summed E-state index contributed by atoms with van der Waals surface area (Å²) in [7, 11) is 2.15. The quantitative estimate of drug-likeness (QED) is 0.857. The maximum absolute atomic E-state index is 12.2. The van der Waals surface area contributed by atoms with Gasteiger partial charge in [0, 0.05) is 30.7 Å². The monoisotopic (exact) mass is 273 g/mol. The van der Waals surface area contributed by atoms with Crippen molar-refractivity contribution in [3.8, 4) is 0 Å². The van der Waals surface area contributed by atoms with Gasteiger partial charge in [-0.25, -0.2) is 0 Å². The number of hydrogen-bond donors (Lipinski definition) is 2. The fraction of sp³-hybridized carbons (Fsp3) is 0.562. The first-order chi connectivity index (χ1) is 9.65. The number of nitrogens with zero attached hydrogens (tertiary/aromatic N) is 1. The average Bonchev–Trinajstić information content (AvgIpc) is 3.21. The molecule has 4 nitrogen and oxygen atoms in total. The van der Waals surface area contributed by atoms with Crippen molar-refractivity contribution in [3.63, 3.8) is 0 Å². The van der Waals surface area contributed by atoms with Crippen LogP contribution in [0.1, 0.15) is 25.3 Å². The molecule has 20 heavy (non-hydrogen) atoms. The average molecular weight is 273 g/mol. The number of nitrogens with one attached hydrogen (secondary N) is 2. The van der Waals surface area contributed by atoms with Gasteiger partial charge < -0.3 is 10.6 Å². The van der Waals surface area contributed by atoms with Crippen LogP contribution in [0.5, 0.6) is 0 Å². The third-order valence-electron chi connectivity index (χ3n) is 4.48. The molecule has 1 aromatic rings. The zero-order valence-electron chi connectivity index (χ0n) is 12.2. The Bertz CT molecular complexity index is 473. The number of hydrogen-bond acceptors (Lipinski definition) is 3. The first-order valence-corrected chi connectivity index (χ1v) is 7.49. The maximum Gasteiger partial charge on any atom is 0.242 e. The van der Waals surface area contributed by atoms with Crippen LogP contribution in [-0.2, 0) is 11.2 Å². The van der Waals surface area contributed by atoms with Gasteiger partial charge in [0.1, 0.15) is 6.04 Å². The predicted octanol–water partition coefficient (Wildman–Crippen LogP) is 1.62. The van der Waals surface area contributed by atoms with Crippen LogP contribution in [0.3, 0.4) is 0 Å². The van der Waals surface area contributed by atoms with E-state index in [4.69, 9.17) is 0 Å². The van der Waals surface area contributed by atoms with Crippen molar-refractivity contribution in [2.24, 2.45) is 0 Å². The lowest BCUT2D eigenvalue weighted by Crippen LogP contribution is -2.45. The van der Waals surface area contributed by atoms with E-state index in [2.05, 4.69) is 35.6 Å². The van der Waals surface area contributed by atoms with Crippen molar-refractivity contribution < 1.29 is 4.79 Å². The highest BCUT2D eigenvalue weighted by atomic mass is 16.2. The zero-order chi connectivity index (χ0) is 14.1. The standard InChI is InChI=1S/C16H23N3O/c1-11(19(2)13-7-8-13)10-17-16(20)15-9-12-5-3-4-6-14(12)18-15/h3-6,11,13,15,18H,7-10H2,1-2H3,(H,17,20). The SMILES string of the molecule is CC(CNC(=O)C1Cc2ccccc2N1)N(C)C1CC1. The summed E-state index contributed by atoms with van der Waals surface area (Å²) in [6.07, 6.45) is 3.39. The molecular weight excluding hydrogens is 250 g/mol. The second-order valence-electron chi connectivity index (χ2n) is 6.05. The van der Waals surface area contributed by atoms with Gasteiger partial charge in [-0.05, 0) is 38.4 Å². The number of amides is 1. The van der Waals surface area contributed by atoms with Crippen molar-refractivity contribution in [1.29, 1.82) is 0 Å². The smallest absolute Gasteiger partial charge is 0.242 e. The Morgan fingerprint density at radius 2 is 2.20 bits per heavy atom. The Morgan fingerprint density at radius 1 is 1.45 bits per heavy atom. The second-order valence-corrected chi connectivity index (χ2v) is 6.05. The van der Waals surface area contributed by atoms with E-state index >= 15 is 0 Å². The zero-order valence-corrected chi connectivity index (χ0v) is 12.2. The molecule has 2 aliphatic rings. The maximum atomic E-state index is 12.2. The lowest BCUT2D eigenvalue weighted by Gasteiger charge is -2.25. The Kier molecular flexibility index (Phi) is 3.66. The minimum atomic E-state index is -0.120. The highest BCUT2D eigenvalue weighted by Gasteiger charge is 2.30. The molecule has 2 unspecified atom stereocenters. The summed E-state index contributed by atoms with van der Waals surface area (Å²) < 4.78 is 0. The normalized spacial score (nSPS) is 22.2. The van der Waals surface area contributed by atoms with Gasteiger partial charge >= 0.3 is 0 Å². The number of anilines is 1. The molecule has 2 atom stereocenters. The van der Waals surface area contributed by atoms with Crippen molar-refractivity contribution in [1.82, 2.24) is 10.2 Å². The van der Waals surface area contributed by atoms with Crippen LogP contribution in [0.15, 0.2) is 24.3 Å². The lowest BCUT2D eigenvalue weighted by atomic mass is 10.1. The molecule has 1 aliphatic carbocycles. The van der Waals surface area contributed by atoms with Crippen LogP contribution in [0.4, 0.5) is 5.69 Å². The number of fused-ring (bicyclic) bond motifs is 1. The Balaban J connectivity index is 1.48. The van der Waals surface area contributed by atoms with Crippen molar-refractivity contribution in [2.45, 2.75) is 44.3 Å². The van der Waals surface area contributed by atoms with Gasteiger partial charge in [-0.15, -0.1) is 0 Å². The molecule has 108 valence electrons. The molecule has 1 saturated carbocycles. The van der Waals surface area contributed by atoms with Gasteiger partial charge in [-0.2, -0.15) is 0 Å². The van der Waals surface area contributed by atoms with Gasteiger partial charge in [-0.1, -0.05) is 18.2 Å². The molecule has 1 aromatic carbocycles. The summed E-state index contributed by atoms with van der Waals surface area (Å²) >= 11 is 0. The lowest BCUT2D eigenvalue weighted by molar-refractivity contribution is -0.121. The van der Waals surface area contributed by atoms with E-state index in [1.54, 1.807) is 0 Å². The molecule has 1 aliphatic heterocycles. The Morgan fingerprint density at radius 3 is 2.90 bits per heavy atom. The summed E-state index contributed by atoms with van der Waals surface area (Å²) in [4.78, 5) is 14.6. The molecule has 1 heterocycles. The topological polar surface area (TPSA) is 44.4 Å². The molecule has 0 spiro atoms. The summed E-state index contributed by atoms with van der Waals surface area (Å²) in [5.41, 5.74) is 2.33. The number of likely N-dealkylation sites (N-methyl/N-ethyl adjacent to an activating group) is 1. The number of para-hydroxylation sites is 1. The highest BCUT2D eigenvalue weighted by Crippen LogP contribution is 2.27. The Hall–Kier alpha value is -1.55. The third kappa shape index (κ3) is 2.80. The van der Waals surface area contributed by atoms with Crippen LogP contribution in [0.25, 0.3) is 0 Å². The molecule has 1 amide bonds. The van der Waals surface area contributed by atoms with E-state index in [1.165, 1.54) is 18.4 Å². The van der Waals surface area contributed by atoms with Gasteiger partial charge in [0.25, 0.3) is 0 Å². The summed E-state index contributed by atoms with van der Waals surface area (Å²) in [6, 6.07) is 9.15. The van der Waals surface area contributed by atoms with Crippen molar-refractivity contribution >= 4 is 11.6 Å². The van der Waals surface area contributed by atoms with Gasteiger partial charge in [0.15, 0.2) is 0 Å². The summed E-state index contributed by atoms with van der Waals surface area (Å²) in [5, 5.41) is 6.38. The van der Waals surface area contributed by atoms with Crippen LogP contribution in [-0.4, -0.2) is 42.5 Å². The van der Waals surface area contributed by atoms with E-state index in [1.807, 2.05) is 18.2 Å². The van der Waals surface area contributed by atoms with Crippen LogP contribution in [0.2, 0.25) is 0 Å². The van der Waals surface area contributed by atoms with E-state index in [0.29, 0.717) is 6.04 Å². The molecule has 4 heteroatoms. The molecule has 0 bridgehead atoms. The first-order valence-electron chi connectivity index (χ1n) is 7.49. The fourth-order valence-corrected chi connectivity index (χ4v) is 2.81. The molecule has 0 radical (unpaired) electrons. The Labute approximate surface area is 120 Å². The minimum absolute atomic E-state index is 0.109. The third-order valence-corrected chi connectivity index (χ3v) is 4.48. The van der Waals surface area contributed by atoms with Crippen LogP contribution in [0, 0.1) is 0 Å². The molecule has 2 N–H and O–H groups in total. The van der Waals surface area contributed by atoms with E-state index in [0.717, 1.165) is 24.7 Å².